The number of benzene rings is 2. The van der Waals surface area contributed by atoms with Gasteiger partial charge in [-0.15, -0.1) is 0 Å². The summed E-state index contributed by atoms with van der Waals surface area (Å²) in [5, 5.41) is 12.1. The van der Waals surface area contributed by atoms with Crippen molar-refractivity contribution in [1.29, 1.82) is 0 Å². The van der Waals surface area contributed by atoms with Gasteiger partial charge in [-0.25, -0.2) is 4.79 Å². The Labute approximate surface area is 161 Å². The number of ether oxygens (including phenoxy) is 1. The quantitative estimate of drug-likeness (QED) is 0.677. The highest BCUT2D eigenvalue weighted by molar-refractivity contribution is 5.69. The minimum Gasteiger partial charge on any atom is -0.491 e. The van der Waals surface area contributed by atoms with Crippen LogP contribution in [0.2, 0.25) is 0 Å². The Balaban J connectivity index is 1.93. The molecule has 0 bridgehead atoms. The molecule has 4 heteroatoms. The molecule has 2 aromatic carbocycles. The molecule has 3 rings (SSSR count). The first-order chi connectivity index (χ1) is 12.9. The second kappa shape index (κ2) is 7.63. The van der Waals surface area contributed by atoms with Crippen molar-refractivity contribution in [2.75, 3.05) is 0 Å². The van der Waals surface area contributed by atoms with Crippen molar-refractivity contribution in [2.24, 2.45) is 5.41 Å². The molecule has 1 amide bonds. The lowest BCUT2D eigenvalue weighted by Crippen LogP contribution is -2.37. The van der Waals surface area contributed by atoms with Crippen molar-refractivity contribution in [2.45, 2.75) is 59.1 Å². The molecule has 1 unspecified atom stereocenters. The molecule has 0 spiro atoms. The molecule has 0 heterocycles. The molecular weight excluding hydrogens is 338 g/mol. The Morgan fingerprint density at radius 3 is 2.33 bits per heavy atom. The van der Waals surface area contributed by atoms with Crippen LogP contribution in [-0.4, -0.2) is 17.3 Å². The van der Waals surface area contributed by atoms with Crippen LogP contribution in [0, 0.1) is 5.41 Å². The Bertz CT molecular complexity index is 807. The molecule has 144 valence electrons. The third-order valence-corrected chi connectivity index (χ3v) is 5.84. The van der Waals surface area contributed by atoms with Gasteiger partial charge in [-0.05, 0) is 72.9 Å². The van der Waals surface area contributed by atoms with Crippen LogP contribution >= 0.6 is 0 Å². The number of rotatable bonds is 6. The highest BCUT2D eigenvalue weighted by Gasteiger charge is 2.44. The lowest BCUT2D eigenvalue weighted by molar-refractivity contribution is 0.157. The van der Waals surface area contributed by atoms with Crippen LogP contribution < -0.4 is 10.1 Å². The second-order valence-corrected chi connectivity index (χ2v) is 7.73. The first-order valence-corrected chi connectivity index (χ1v) is 9.78. The van der Waals surface area contributed by atoms with E-state index in [9.17, 15) is 9.90 Å². The van der Waals surface area contributed by atoms with Gasteiger partial charge in [-0.2, -0.15) is 0 Å². The summed E-state index contributed by atoms with van der Waals surface area (Å²) in [5.74, 6) is 0.872. The van der Waals surface area contributed by atoms with Crippen LogP contribution in [0.1, 0.15) is 57.7 Å². The van der Waals surface area contributed by atoms with E-state index in [2.05, 4.69) is 49.5 Å². The van der Waals surface area contributed by atoms with Gasteiger partial charge in [-0.1, -0.05) is 44.2 Å². The van der Waals surface area contributed by atoms with Gasteiger partial charge in [0.1, 0.15) is 5.75 Å². The molecule has 0 aliphatic heterocycles. The summed E-state index contributed by atoms with van der Waals surface area (Å²) in [4.78, 5) is 11.4. The molecular formula is C23H29NO3. The largest absolute Gasteiger partial charge is 0.491 e. The van der Waals surface area contributed by atoms with Crippen molar-refractivity contribution in [3.05, 3.63) is 53.6 Å². The summed E-state index contributed by atoms with van der Waals surface area (Å²) in [5.41, 5.74) is 4.61. The van der Waals surface area contributed by atoms with Crippen LogP contribution in [-0.2, 0) is 6.42 Å². The number of amides is 1. The van der Waals surface area contributed by atoms with E-state index in [-0.39, 0.29) is 17.6 Å². The zero-order chi connectivity index (χ0) is 19.6. The van der Waals surface area contributed by atoms with Crippen LogP contribution in [0.25, 0.3) is 11.1 Å². The maximum atomic E-state index is 11.4. The number of nitrogens with one attached hydrogen (secondary N) is 1. The van der Waals surface area contributed by atoms with Crippen molar-refractivity contribution < 1.29 is 14.6 Å². The first-order valence-electron chi connectivity index (χ1n) is 9.78. The lowest BCUT2D eigenvalue weighted by Gasteiger charge is -2.33. The summed E-state index contributed by atoms with van der Waals surface area (Å²) in [6.45, 7) is 8.34. The van der Waals surface area contributed by atoms with Crippen molar-refractivity contribution in [3.8, 4) is 16.9 Å². The van der Waals surface area contributed by atoms with Crippen LogP contribution in [0.5, 0.6) is 5.75 Å². The van der Waals surface area contributed by atoms with E-state index in [4.69, 9.17) is 4.74 Å². The van der Waals surface area contributed by atoms with Crippen LogP contribution in [0.15, 0.2) is 42.5 Å². The number of fused-ring (bicyclic) bond motifs is 1. The summed E-state index contributed by atoms with van der Waals surface area (Å²) in [6, 6.07) is 14.4. The second-order valence-electron chi connectivity index (χ2n) is 7.73. The third kappa shape index (κ3) is 3.80. The van der Waals surface area contributed by atoms with Gasteiger partial charge >= 0.3 is 6.09 Å². The molecule has 2 N–H and O–H groups in total. The van der Waals surface area contributed by atoms with E-state index >= 15 is 0 Å². The van der Waals surface area contributed by atoms with Gasteiger partial charge in [0.25, 0.3) is 0 Å². The van der Waals surface area contributed by atoms with Crippen LogP contribution in [0.4, 0.5) is 4.79 Å². The molecule has 27 heavy (non-hydrogen) atoms. The fraction of sp³-hybridized carbons (Fsp3) is 0.435. The zero-order valence-corrected chi connectivity index (χ0v) is 16.6. The maximum absolute atomic E-state index is 11.4. The maximum Gasteiger partial charge on any atom is 0.405 e. The van der Waals surface area contributed by atoms with Gasteiger partial charge in [0.05, 0.1) is 12.1 Å². The summed E-state index contributed by atoms with van der Waals surface area (Å²) in [6.07, 6.45) is 2.00. The zero-order valence-electron chi connectivity index (χ0n) is 16.6. The summed E-state index contributed by atoms with van der Waals surface area (Å²) in [7, 11) is 0. The van der Waals surface area contributed by atoms with E-state index in [0.29, 0.717) is 0 Å². The van der Waals surface area contributed by atoms with Crippen molar-refractivity contribution in [1.82, 2.24) is 5.32 Å². The average Bonchev–Trinajstić information content (AvgIpc) is 2.94. The molecule has 0 aromatic heterocycles. The Morgan fingerprint density at radius 2 is 1.78 bits per heavy atom. The number of carboxylic acid groups (broad SMARTS) is 1. The smallest absolute Gasteiger partial charge is 0.405 e. The minimum absolute atomic E-state index is 0.0473. The Hall–Kier alpha value is -2.49. The van der Waals surface area contributed by atoms with E-state index < -0.39 is 6.09 Å². The molecule has 0 saturated carbocycles. The van der Waals surface area contributed by atoms with Gasteiger partial charge in [-0.3, -0.25) is 0 Å². The predicted octanol–water partition coefficient (Wildman–Crippen LogP) is 5.81. The highest BCUT2D eigenvalue weighted by Crippen LogP contribution is 2.50. The van der Waals surface area contributed by atoms with E-state index in [1.165, 1.54) is 5.56 Å². The standard InChI is InChI=1S/C23H29NO3/c1-5-23(6-2)14-18-13-17(9-12-20(18)21(23)24-22(25)26)16-7-10-19(11-8-16)27-15(3)4/h7-13,15,21,24H,5-6,14H2,1-4H3,(H,25,26). The average molecular weight is 367 g/mol. The molecule has 1 aliphatic rings. The SMILES string of the molecule is CCC1(CC)Cc2cc(-c3ccc(OC(C)C)cc3)ccc2C1NC(=O)O. The molecule has 0 radical (unpaired) electrons. The predicted molar refractivity (Wildman–Crippen MR) is 108 cm³/mol. The van der Waals surface area contributed by atoms with Gasteiger partial charge in [0.15, 0.2) is 0 Å². The normalized spacial score (nSPS) is 17.6. The van der Waals surface area contributed by atoms with Gasteiger partial charge < -0.3 is 15.2 Å². The lowest BCUT2D eigenvalue weighted by atomic mass is 9.76. The first kappa shape index (κ1) is 19.3. The van der Waals surface area contributed by atoms with Crippen LogP contribution in [0.3, 0.4) is 0 Å². The monoisotopic (exact) mass is 367 g/mol. The topological polar surface area (TPSA) is 58.6 Å². The molecule has 1 atom stereocenters. The molecule has 2 aromatic rings. The highest BCUT2D eigenvalue weighted by atomic mass is 16.5. The Morgan fingerprint density at radius 1 is 1.15 bits per heavy atom. The molecule has 0 fully saturated rings. The van der Waals surface area contributed by atoms with Gasteiger partial charge in [0, 0.05) is 0 Å². The summed E-state index contributed by atoms with van der Waals surface area (Å²) >= 11 is 0. The number of hydrogen-bond acceptors (Lipinski definition) is 2. The molecule has 4 nitrogen and oxygen atoms in total. The molecule has 1 aliphatic carbocycles. The number of carbonyl (C=O) groups is 1. The fourth-order valence-electron chi connectivity index (χ4n) is 4.29. The van der Waals surface area contributed by atoms with E-state index in [0.717, 1.165) is 41.7 Å². The Kier molecular flexibility index (Phi) is 5.45. The third-order valence-electron chi connectivity index (χ3n) is 5.84. The minimum atomic E-state index is -0.955. The summed E-state index contributed by atoms with van der Waals surface area (Å²) < 4.78 is 5.72. The van der Waals surface area contributed by atoms with E-state index in [1.807, 2.05) is 26.0 Å². The van der Waals surface area contributed by atoms with E-state index in [1.54, 1.807) is 0 Å². The van der Waals surface area contributed by atoms with Crippen molar-refractivity contribution in [3.63, 3.8) is 0 Å². The fourth-order valence-corrected chi connectivity index (χ4v) is 4.29. The number of hydrogen-bond donors (Lipinski definition) is 2. The van der Waals surface area contributed by atoms with Crippen molar-refractivity contribution >= 4 is 6.09 Å². The molecule has 0 saturated heterocycles. The van der Waals surface area contributed by atoms with Gasteiger partial charge in [0.2, 0.25) is 0 Å².